The lowest BCUT2D eigenvalue weighted by Crippen LogP contribution is -2.40. The predicted octanol–water partition coefficient (Wildman–Crippen LogP) is 0.350. The van der Waals surface area contributed by atoms with Gasteiger partial charge in [-0.1, -0.05) is 6.42 Å². The van der Waals surface area contributed by atoms with E-state index >= 15 is 0 Å². The minimum absolute atomic E-state index is 0.0261. The molecule has 0 aliphatic heterocycles. The van der Waals surface area contributed by atoms with Crippen molar-refractivity contribution in [3.63, 3.8) is 0 Å². The van der Waals surface area contributed by atoms with Gasteiger partial charge in [0.25, 0.3) is 0 Å². The van der Waals surface area contributed by atoms with Gasteiger partial charge in [-0.05, 0) is 32.2 Å². The van der Waals surface area contributed by atoms with Gasteiger partial charge in [-0.3, -0.25) is 14.9 Å². The fourth-order valence-electron chi connectivity index (χ4n) is 2.30. The second-order valence-corrected chi connectivity index (χ2v) is 4.54. The monoisotopic (exact) mass is 272 g/mol. The van der Waals surface area contributed by atoms with Crippen molar-refractivity contribution < 1.29 is 24.2 Å². The van der Waals surface area contributed by atoms with E-state index in [0.717, 1.165) is 12.8 Å². The first-order chi connectivity index (χ1) is 9.04. The van der Waals surface area contributed by atoms with Crippen molar-refractivity contribution in [2.45, 2.75) is 26.2 Å². The first-order valence-corrected chi connectivity index (χ1v) is 6.44. The highest BCUT2D eigenvalue weighted by Crippen LogP contribution is 2.31. The number of rotatable bonds is 6. The summed E-state index contributed by atoms with van der Waals surface area (Å²) in [6.07, 6.45) is 1.68. The van der Waals surface area contributed by atoms with Gasteiger partial charge < -0.3 is 15.2 Å². The molecule has 3 N–H and O–H groups in total. The zero-order valence-electron chi connectivity index (χ0n) is 11.0. The number of ether oxygens (including phenoxy) is 1. The fraction of sp³-hybridized carbons (Fsp3) is 0.750. The summed E-state index contributed by atoms with van der Waals surface area (Å²) in [4.78, 5) is 33.2. The molecule has 0 aromatic heterocycles. The number of carbonyl (C=O) groups is 3. The Morgan fingerprint density at radius 1 is 1.32 bits per heavy atom. The van der Waals surface area contributed by atoms with Gasteiger partial charge in [-0.25, -0.2) is 4.79 Å². The first kappa shape index (κ1) is 15.4. The van der Waals surface area contributed by atoms with E-state index in [1.54, 1.807) is 6.92 Å². The molecule has 7 heteroatoms. The van der Waals surface area contributed by atoms with E-state index < -0.39 is 18.0 Å². The highest BCUT2D eigenvalue weighted by atomic mass is 16.5. The number of carboxylic acids is 1. The largest absolute Gasteiger partial charge is 0.481 e. The molecular formula is C12H20N2O5. The van der Waals surface area contributed by atoms with Crippen molar-refractivity contribution in [3.8, 4) is 0 Å². The number of carboxylic acid groups (broad SMARTS) is 1. The molecule has 1 fully saturated rings. The highest BCUT2D eigenvalue weighted by molar-refractivity contribution is 5.92. The molecule has 0 aromatic carbocycles. The third-order valence-electron chi connectivity index (χ3n) is 3.19. The molecule has 1 aliphatic carbocycles. The number of hydrogen-bond donors (Lipinski definition) is 3. The van der Waals surface area contributed by atoms with Crippen LogP contribution in [0.4, 0.5) is 4.79 Å². The summed E-state index contributed by atoms with van der Waals surface area (Å²) in [5, 5.41) is 13.9. The number of aliphatic carboxylic acids is 1. The quantitative estimate of drug-likeness (QED) is 0.644. The van der Waals surface area contributed by atoms with Crippen molar-refractivity contribution in [3.05, 3.63) is 0 Å². The smallest absolute Gasteiger partial charge is 0.413 e. The Hall–Kier alpha value is -1.63. The summed E-state index contributed by atoms with van der Waals surface area (Å²) in [7, 11) is 0. The van der Waals surface area contributed by atoms with Crippen LogP contribution in [-0.4, -0.2) is 42.8 Å². The van der Waals surface area contributed by atoms with E-state index in [4.69, 9.17) is 5.11 Å². The van der Waals surface area contributed by atoms with E-state index in [2.05, 4.69) is 15.4 Å². The maximum absolute atomic E-state index is 11.3. The van der Waals surface area contributed by atoms with E-state index in [1.165, 1.54) is 0 Å². The SMILES string of the molecule is CCOC(=O)NC(=O)CNCC1CCCC1C(=O)O. The zero-order chi connectivity index (χ0) is 14.3. The Kier molecular flexibility index (Phi) is 6.27. The Balaban J connectivity index is 2.21. The van der Waals surface area contributed by atoms with Gasteiger partial charge in [0.15, 0.2) is 0 Å². The molecular weight excluding hydrogens is 252 g/mol. The van der Waals surface area contributed by atoms with Gasteiger partial charge in [0, 0.05) is 0 Å². The number of alkyl carbamates (subject to hydrolysis) is 1. The van der Waals surface area contributed by atoms with E-state index in [1.807, 2.05) is 0 Å². The van der Waals surface area contributed by atoms with Crippen LogP contribution in [0.2, 0.25) is 0 Å². The molecule has 19 heavy (non-hydrogen) atoms. The number of imide groups is 1. The topological polar surface area (TPSA) is 105 Å². The van der Waals surface area contributed by atoms with Gasteiger partial charge in [0.05, 0.1) is 19.1 Å². The zero-order valence-corrected chi connectivity index (χ0v) is 11.0. The highest BCUT2D eigenvalue weighted by Gasteiger charge is 2.32. The maximum Gasteiger partial charge on any atom is 0.413 e. The number of nitrogens with one attached hydrogen (secondary N) is 2. The van der Waals surface area contributed by atoms with Gasteiger partial charge in [-0.15, -0.1) is 0 Å². The van der Waals surface area contributed by atoms with Gasteiger partial charge in [-0.2, -0.15) is 0 Å². The summed E-state index contributed by atoms with van der Waals surface area (Å²) < 4.78 is 4.56. The van der Waals surface area contributed by atoms with Gasteiger partial charge >= 0.3 is 12.1 Å². The summed E-state index contributed by atoms with van der Waals surface area (Å²) in [5.41, 5.74) is 0. The van der Waals surface area contributed by atoms with Crippen LogP contribution in [-0.2, 0) is 14.3 Å². The van der Waals surface area contributed by atoms with E-state index in [9.17, 15) is 14.4 Å². The summed E-state index contributed by atoms with van der Waals surface area (Å²) >= 11 is 0. The molecule has 7 nitrogen and oxygen atoms in total. The molecule has 108 valence electrons. The van der Waals surface area contributed by atoms with E-state index in [-0.39, 0.29) is 25.0 Å². The van der Waals surface area contributed by atoms with Gasteiger partial charge in [0.2, 0.25) is 5.91 Å². The van der Waals surface area contributed by atoms with E-state index in [0.29, 0.717) is 13.0 Å². The Labute approximate surface area is 111 Å². The lowest BCUT2D eigenvalue weighted by Gasteiger charge is -2.16. The van der Waals surface area contributed by atoms with Crippen molar-refractivity contribution in [2.75, 3.05) is 19.7 Å². The van der Waals surface area contributed by atoms with Crippen molar-refractivity contribution in [1.29, 1.82) is 0 Å². The molecule has 0 aromatic rings. The summed E-state index contributed by atoms with van der Waals surface area (Å²) in [6.45, 7) is 2.29. The Morgan fingerprint density at radius 3 is 2.68 bits per heavy atom. The molecule has 0 bridgehead atoms. The van der Waals surface area contributed by atoms with Crippen LogP contribution in [0, 0.1) is 11.8 Å². The third kappa shape index (κ3) is 5.25. The van der Waals surface area contributed by atoms with Crippen LogP contribution in [0.15, 0.2) is 0 Å². The molecule has 1 aliphatic rings. The fourth-order valence-corrected chi connectivity index (χ4v) is 2.30. The van der Waals surface area contributed by atoms with Crippen molar-refractivity contribution >= 4 is 18.0 Å². The molecule has 1 saturated carbocycles. The second kappa shape index (κ2) is 7.73. The minimum Gasteiger partial charge on any atom is -0.481 e. The van der Waals surface area contributed by atoms with Crippen molar-refractivity contribution in [1.82, 2.24) is 10.6 Å². The average molecular weight is 272 g/mol. The normalized spacial score (nSPS) is 21.9. The summed E-state index contributed by atoms with van der Waals surface area (Å²) in [5.74, 6) is -1.54. The molecule has 1 rings (SSSR count). The Bertz CT molecular complexity index is 345. The number of amides is 2. The molecule has 2 amide bonds. The lowest BCUT2D eigenvalue weighted by molar-refractivity contribution is -0.142. The molecule has 2 atom stereocenters. The summed E-state index contributed by atoms with van der Waals surface area (Å²) in [6, 6.07) is 0. The number of hydrogen-bond acceptors (Lipinski definition) is 5. The molecule has 0 spiro atoms. The van der Waals surface area contributed by atoms with Crippen LogP contribution in [0.25, 0.3) is 0 Å². The Morgan fingerprint density at radius 2 is 2.05 bits per heavy atom. The third-order valence-corrected chi connectivity index (χ3v) is 3.19. The molecule has 0 radical (unpaired) electrons. The lowest BCUT2D eigenvalue weighted by atomic mass is 9.96. The second-order valence-electron chi connectivity index (χ2n) is 4.54. The maximum atomic E-state index is 11.3. The minimum atomic E-state index is -0.778. The first-order valence-electron chi connectivity index (χ1n) is 6.44. The van der Waals surface area contributed by atoms with Crippen LogP contribution >= 0.6 is 0 Å². The van der Waals surface area contributed by atoms with Crippen molar-refractivity contribution in [2.24, 2.45) is 11.8 Å². The molecule has 2 unspecified atom stereocenters. The number of carbonyl (C=O) groups excluding carboxylic acids is 2. The van der Waals surface area contributed by atoms with Crippen LogP contribution < -0.4 is 10.6 Å². The standard InChI is InChI=1S/C12H20N2O5/c1-2-19-12(18)14-10(15)7-13-6-8-4-3-5-9(8)11(16)17/h8-9,13H,2-7H2,1H3,(H,16,17)(H,14,15,18). The van der Waals surface area contributed by atoms with Gasteiger partial charge in [0.1, 0.15) is 0 Å². The van der Waals surface area contributed by atoms with Crippen LogP contribution in [0.3, 0.4) is 0 Å². The average Bonchev–Trinajstić information content (AvgIpc) is 2.77. The molecule has 0 heterocycles. The van der Waals surface area contributed by atoms with Crippen LogP contribution in [0.1, 0.15) is 26.2 Å². The predicted molar refractivity (Wildman–Crippen MR) is 66.5 cm³/mol. The van der Waals surface area contributed by atoms with Crippen LogP contribution in [0.5, 0.6) is 0 Å². The molecule has 0 saturated heterocycles.